The lowest BCUT2D eigenvalue weighted by molar-refractivity contribution is 0.600. The molecule has 0 radical (unpaired) electrons. The van der Waals surface area contributed by atoms with Crippen molar-refractivity contribution in [1.29, 1.82) is 0 Å². The minimum atomic E-state index is -3.67. The largest absolute Gasteiger partial charge is 0.320 e. The van der Waals surface area contributed by atoms with Gasteiger partial charge in [-0.1, -0.05) is 11.8 Å². The number of aromatic nitrogens is 2. The van der Waals surface area contributed by atoms with Crippen LogP contribution in [-0.2, 0) is 10.0 Å². The van der Waals surface area contributed by atoms with Crippen molar-refractivity contribution < 1.29 is 8.42 Å². The average molecular weight is 304 g/mol. The molecular weight excluding hydrogens is 288 g/mol. The molecule has 0 aliphatic rings. The van der Waals surface area contributed by atoms with Crippen molar-refractivity contribution >= 4 is 15.7 Å². The number of hydrogen-bond donors (Lipinski definition) is 3. The predicted octanol–water partition coefficient (Wildman–Crippen LogP) is 1.14. The second-order valence-electron chi connectivity index (χ2n) is 4.56. The van der Waals surface area contributed by atoms with Gasteiger partial charge >= 0.3 is 0 Å². The van der Waals surface area contributed by atoms with Gasteiger partial charge in [-0.2, -0.15) is 5.10 Å². The van der Waals surface area contributed by atoms with Gasteiger partial charge in [-0.05, 0) is 37.6 Å². The Morgan fingerprint density at radius 3 is 2.71 bits per heavy atom. The quantitative estimate of drug-likeness (QED) is 0.740. The topological polar surface area (TPSA) is 101 Å². The molecule has 2 aromatic rings. The molecule has 1 aromatic carbocycles. The zero-order chi connectivity index (χ0) is 15.5. The Kier molecular flexibility index (Phi) is 4.31. The highest BCUT2D eigenvalue weighted by atomic mass is 32.2. The van der Waals surface area contributed by atoms with Gasteiger partial charge in [0.15, 0.2) is 0 Å². The van der Waals surface area contributed by atoms with Crippen LogP contribution >= 0.6 is 0 Å². The van der Waals surface area contributed by atoms with Crippen LogP contribution in [0.1, 0.15) is 16.8 Å². The number of aryl methyl sites for hydroxylation is 2. The Balaban J connectivity index is 2.36. The van der Waals surface area contributed by atoms with E-state index >= 15 is 0 Å². The highest BCUT2D eigenvalue weighted by molar-refractivity contribution is 7.92. The van der Waals surface area contributed by atoms with Crippen molar-refractivity contribution in [2.75, 3.05) is 11.3 Å². The maximum absolute atomic E-state index is 12.3. The van der Waals surface area contributed by atoms with Crippen molar-refractivity contribution in [3.63, 3.8) is 0 Å². The summed E-state index contributed by atoms with van der Waals surface area (Å²) in [7, 11) is -3.67. The van der Waals surface area contributed by atoms with Crippen LogP contribution in [0.4, 0.5) is 5.69 Å². The van der Waals surface area contributed by atoms with E-state index in [1.165, 1.54) is 6.20 Å². The van der Waals surface area contributed by atoms with E-state index in [1.807, 2.05) is 13.0 Å². The van der Waals surface area contributed by atoms with E-state index in [0.29, 0.717) is 16.9 Å². The summed E-state index contributed by atoms with van der Waals surface area (Å²) in [5.74, 6) is 5.63. The number of anilines is 1. The summed E-state index contributed by atoms with van der Waals surface area (Å²) >= 11 is 0. The normalized spacial score (nSPS) is 10.8. The molecule has 110 valence electrons. The molecule has 21 heavy (non-hydrogen) atoms. The van der Waals surface area contributed by atoms with Crippen molar-refractivity contribution in [2.45, 2.75) is 18.7 Å². The van der Waals surface area contributed by atoms with Crippen molar-refractivity contribution in [1.82, 2.24) is 10.2 Å². The van der Waals surface area contributed by atoms with Gasteiger partial charge in [0.25, 0.3) is 10.0 Å². The van der Waals surface area contributed by atoms with E-state index in [9.17, 15) is 8.42 Å². The van der Waals surface area contributed by atoms with Gasteiger partial charge in [0.1, 0.15) is 4.90 Å². The standard InChI is InChI=1S/C14H16N4O2S/c1-10-6-12(4-3-5-15)8-13(7-10)18-21(19,20)14-9-16-17-11(14)2/h6-9,18H,5,15H2,1-2H3,(H,16,17). The Morgan fingerprint density at radius 2 is 2.10 bits per heavy atom. The number of hydrogen-bond acceptors (Lipinski definition) is 4. The molecule has 0 spiro atoms. The molecule has 0 aliphatic carbocycles. The number of aromatic amines is 1. The molecule has 0 atom stereocenters. The number of sulfonamides is 1. The molecule has 0 amide bonds. The van der Waals surface area contributed by atoms with Crippen LogP contribution in [-0.4, -0.2) is 25.2 Å². The molecule has 1 aromatic heterocycles. The molecular formula is C14H16N4O2S. The minimum Gasteiger partial charge on any atom is -0.320 e. The molecule has 7 heteroatoms. The molecule has 4 N–H and O–H groups in total. The number of nitrogens with zero attached hydrogens (tertiary/aromatic N) is 1. The minimum absolute atomic E-state index is 0.124. The zero-order valence-corrected chi connectivity index (χ0v) is 12.6. The van der Waals surface area contributed by atoms with Gasteiger partial charge in [-0.25, -0.2) is 8.42 Å². The van der Waals surface area contributed by atoms with Crippen LogP contribution in [0.15, 0.2) is 29.3 Å². The Labute approximate surface area is 123 Å². The van der Waals surface area contributed by atoms with Crippen LogP contribution < -0.4 is 10.5 Å². The lowest BCUT2D eigenvalue weighted by atomic mass is 10.1. The van der Waals surface area contributed by atoms with Crippen LogP contribution in [0.2, 0.25) is 0 Å². The monoisotopic (exact) mass is 304 g/mol. The highest BCUT2D eigenvalue weighted by Gasteiger charge is 2.18. The first-order valence-corrected chi connectivity index (χ1v) is 7.74. The number of H-pyrrole nitrogens is 1. The van der Waals surface area contributed by atoms with Gasteiger partial charge in [0.2, 0.25) is 0 Å². The molecule has 0 saturated heterocycles. The zero-order valence-electron chi connectivity index (χ0n) is 11.8. The SMILES string of the molecule is Cc1cc(C#CCN)cc(NS(=O)(=O)c2cn[nH]c2C)c1. The highest BCUT2D eigenvalue weighted by Crippen LogP contribution is 2.20. The summed E-state index contributed by atoms with van der Waals surface area (Å²) in [6.45, 7) is 3.77. The first-order chi connectivity index (χ1) is 9.92. The maximum atomic E-state index is 12.3. The Hall–Kier alpha value is -2.30. The third kappa shape index (κ3) is 3.62. The number of rotatable bonds is 3. The lowest BCUT2D eigenvalue weighted by Gasteiger charge is -2.08. The van der Waals surface area contributed by atoms with E-state index in [-0.39, 0.29) is 11.4 Å². The second kappa shape index (κ2) is 5.99. The van der Waals surface area contributed by atoms with E-state index < -0.39 is 10.0 Å². The smallest absolute Gasteiger partial charge is 0.265 e. The molecule has 0 aliphatic heterocycles. The molecule has 0 unspecified atom stereocenters. The molecule has 1 heterocycles. The summed E-state index contributed by atoms with van der Waals surface area (Å²) in [5.41, 5.74) is 7.89. The fraction of sp³-hybridized carbons (Fsp3) is 0.214. The van der Waals surface area contributed by atoms with Gasteiger partial charge in [0, 0.05) is 5.56 Å². The summed E-state index contributed by atoms with van der Waals surface area (Å²) in [6.07, 6.45) is 1.28. The number of nitrogens with two attached hydrogens (primary N) is 1. The lowest BCUT2D eigenvalue weighted by Crippen LogP contribution is -2.13. The molecule has 6 nitrogen and oxygen atoms in total. The second-order valence-corrected chi connectivity index (χ2v) is 6.21. The molecule has 0 saturated carbocycles. The third-order valence-corrected chi connectivity index (χ3v) is 4.23. The van der Waals surface area contributed by atoms with E-state index in [4.69, 9.17) is 5.73 Å². The number of benzene rings is 1. The Bertz CT molecular complexity index is 813. The fourth-order valence-corrected chi connectivity index (χ4v) is 3.07. The van der Waals surface area contributed by atoms with Crippen molar-refractivity contribution in [2.24, 2.45) is 5.73 Å². The summed E-state index contributed by atoms with van der Waals surface area (Å²) in [5, 5.41) is 6.33. The Morgan fingerprint density at radius 1 is 1.33 bits per heavy atom. The van der Waals surface area contributed by atoms with E-state index in [0.717, 1.165) is 5.56 Å². The first-order valence-electron chi connectivity index (χ1n) is 6.26. The average Bonchev–Trinajstić information content (AvgIpc) is 2.82. The van der Waals surface area contributed by atoms with Crippen LogP contribution in [0, 0.1) is 25.7 Å². The number of nitrogens with one attached hydrogen (secondary N) is 2. The van der Waals surface area contributed by atoms with Crippen LogP contribution in [0.25, 0.3) is 0 Å². The van der Waals surface area contributed by atoms with E-state index in [1.54, 1.807) is 19.1 Å². The van der Waals surface area contributed by atoms with Gasteiger partial charge in [-0.3, -0.25) is 9.82 Å². The van der Waals surface area contributed by atoms with E-state index in [2.05, 4.69) is 26.8 Å². The third-order valence-electron chi connectivity index (χ3n) is 2.74. The van der Waals surface area contributed by atoms with Gasteiger partial charge < -0.3 is 5.73 Å². The summed E-state index contributed by atoms with van der Waals surface area (Å²) < 4.78 is 27.1. The first kappa shape index (κ1) is 15.1. The van der Waals surface area contributed by atoms with Gasteiger partial charge in [-0.15, -0.1) is 0 Å². The van der Waals surface area contributed by atoms with Crippen molar-refractivity contribution in [3.8, 4) is 11.8 Å². The molecule has 0 bridgehead atoms. The molecule has 0 fully saturated rings. The molecule has 2 rings (SSSR count). The van der Waals surface area contributed by atoms with Crippen LogP contribution in [0.5, 0.6) is 0 Å². The fourth-order valence-electron chi connectivity index (χ4n) is 1.89. The summed E-state index contributed by atoms with van der Waals surface area (Å²) in [6, 6.07) is 5.27. The van der Waals surface area contributed by atoms with Gasteiger partial charge in [0.05, 0.1) is 24.1 Å². The predicted molar refractivity (Wildman–Crippen MR) is 81.2 cm³/mol. The maximum Gasteiger partial charge on any atom is 0.265 e. The van der Waals surface area contributed by atoms with Crippen LogP contribution in [0.3, 0.4) is 0 Å². The summed E-state index contributed by atoms with van der Waals surface area (Å²) in [4.78, 5) is 0.124. The van der Waals surface area contributed by atoms with Crippen molar-refractivity contribution in [3.05, 3.63) is 41.2 Å².